The molecule has 3 N–H and O–H groups in total. The van der Waals surface area contributed by atoms with Crippen LogP contribution in [0.5, 0.6) is 0 Å². The molecule has 0 saturated heterocycles. The number of nitrogens with two attached hydrogens (primary N) is 1. The molecule has 0 aromatic heterocycles. The lowest BCUT2D eigenvalue weighted by Crippen LogP contribution is -2.11. The first-order chi connectivity index (χ1) is 10.1. The molecule has 0 radical (unpaired) electrons. The van der Waals surface area contributed by atoms with Gasteiger partial charge in [-0.05, 0) is 30.7 Å². The van der Waals surface area contributed by atoms with Crippen molar-refractivity contribution in [3.63, 3.8) is 0 Å². The quantitative estimate of drug-likeness (QED) is 0.628. The van der Waals surface area contributed by atoms with E-state index in [4.69, 9.17) is 5.73 Å². The van der Waals surface area contributed by atoms with Gasteiger partial charge in [-0.1, -0.05) is 18.2 Å². The smallest absolute Gasteiger partial charge is 0.272 e. The fraction of sp³-hybridized carbons (Fsp3) is 0.133. The summed E-state index contributed by atoms with van der Waals surface area (Å²) >= 11 is 0. The van der Waals surface area contributed by atoms with Crippen molar-refractivity contribution in [3.8, 4) is 0 Å². The molecule has 0 aliphatic carbocycles. The van der Waals surface area contributed by atoms with Crippen LogP contribution < -0.4 is 11.1 Å². The van der Waals surface area contributed by atoms with Gasteiger partial charge in [0.15, 0.2) is 0 Å². The molecule has 6 heteroatoms. The number of nitro groups is 1. The molecular weight excluding hydrogens is 270 g/mol. The summed E-state index contributed by atoms with van der Waals surface area (Å²) in [5, 5.41) is 14.0. The normalized spacial score (nSPS) is 10.1. The number of rotatable bonds is 6. The molecule has 0 saturated carbocycles. The molecule has 1 amide bonds. The molecule has 2 rings (SSSR count). The van der Waals surface area contributed by atoms with Crippen molar-refractivity contribution >= 4 is 17.3 Å². The minimum atomic E-state index is -0.471. The van der Waals surface area contributed by atoms with Gasteiger partial charge in [-0.3, -0.25) is 14.9 Å². The second-order valence-corrected chi connectivity index (χ2v) is 4.50. The molecule has 2 aromatic carbocycles. The van der Waals surface area contributed by atoms with Crippen LogP contribution in [0.15, 0.2) is 48.5 Å². The zero-order chi connectivity index (χ0) is 15.2. The number of nitro benzene ring substituents is 1. The van der Waals surface area contributed by atoms with E-state index in [1.54, 1.807) is 42.5 Å². The summed E-state index contributed by atoms with van der Waals surface area (Å²) in [6.07, 6.45) is 0.536. The second kappa shape index (κ2) is 6.51. The third-order valence-electron chi connectivity index (χ3n) is 3.08. The number of carbonyl (C=O) groups is 1. The Hall–Kier alpha value is -2.89. The van der Waals surface area contributed by atoms with Gasteiger partial charge < -0.3 is 11.1 Å². The Labute approximate surface area is 121 Å². The molecule has 0 spiro atoms. The number of nitrogens with one attached hydrogen (secondary N) is 1. The Morgan fingerprint density at radius 2 is 1.81 bits per heavy atom. The summed E-state index contributed by atoms with van der Waals surface area (Å²) in [7, 11) is 0. The van der Waals surface area contributed by atoms with Crippen LogP contribution in [0.1, 0.15) is 15.9 Å². The molecule has 21 heavy (non-hydrogen) atoms. The zero-order valence-electron chi connectivity index (χ0n) is 11.3. The van der Waals surface area contributed by atoms with Crippen LogP contribution >= 0.6 is 0 Å². The van der Waals surface area contributed by atoms with E-state index >= 15 is 0 Å². The lowest BCUT2D eigenvalue weighted by atomic mass is 10.1. The number of primary amides is 1. The van der Waals surface area contributed by atoms with E-state index < -0.39 is 5.91 Å². The van der Waals surface area contributed by atoms with Gasteiger partial charge in [-0.15, -0.1) is 0 Å². The van der Waals surface area contributed by atoms with Crippen LogP contribution in [0.2, 0.25) is 0 Å². The SMILES string of the molecule is NC(=O)c1ccc(NCCc2ccccc2[N+](=O)[O-])cc1. The van der Waals surface area contributed by atoms with E-state index in [2.05, 4.69) is 5.32 Å². The second-order valence-electron chi connectivity index (χ2n) is 4.50. The predicted molar refractivity (Wildman–Crippen MR) is 80.3 cm³/mol. The summed E-state index contributed by atoms with van der Waals surface area (Å²) in [5.74, 6) is -0.471. The minimum Gasteiger partial charge on any atom is -0.385 e. The van der Waals surface area contributed by atoms with Crippen molar-refractivity contribution in [1.82, 2.24) is 0 Å². The van der Waals surface area contributed by atoms with E-state index in [1.165, 1.54) is 6.07 Å². The highest BCUT2D eigenvalue weighted by atomic mass is 16.6. The van der Waals surface area contributed by atoms with Crippen LogP contribution in [-0.2, 0) is 6.42 Å². The summed E-state index contributed by atoms with van der Waals surface area (Å²) in [4.78, 5) is 21.5. The first kappa shape index (κ1) is 14.5. The lowest BCUT2D eigenvalue weighted by molar-refractivity contribution is -0.385. The van der Waals surface area contributed by atoms with Gasteiger partial charge in [-0.25, -0.2) is 0 Å². The van der Waals surface area contributed by atoms with Crippen molar-refractivity contribution < 1.29 is 9.72 Å². The van der Waals surface area contributed by atoms with E-state index in [1.807, 2.05) is 0 Å². The average molecular weight is 285 g/mol. The highest BCUT2D eigenvalue weighted by Crippen LogP contribution is 2.18. The van der Waals surface area contributed by atoms with E-state index in [9.17, 15) is 14.9 Å². The highest BCUT2D eigenvalue weighted by Gasteiger charge is 2.11. The Morgan fingerprint density at radius 1 is 1.14 bits per heavy atom. The van der Waals surface area contributed by atoms with Gasteiger partial charge in [0.2, 0.25) is 5.91 Å². The fourth-order valence-corrected chi connectivity index (χ4v) is 1.99. The molecule has 6 nitrogen and oxygen atoms in total. The Kier molecular flexibility index (Phi) is 4.50. The molecule has 0 bridgehead atoms. The van der Waals surface area contributed by atoms with Crippen LogP contribution in [0.25, 0.3) is 0 Å². The summed E-state index contributed by atoms with van der Waals surface area (Å²) in [6.45, 7) is 0.556. The molecule has 0 unspecified atom stereocenters. The third-order valence-corrected chi connectivity index (χ3v) is 3.08. The van der Waals surface area contributed by atoms with E-state index in [-0.39, 0.29) is 10.6 Å². The molecule has 0 aliphatic rings. The zero-order valence-corrected chi connectivity index (χ0v) is 11.3. The third kappa shape index (κ3) is 3.79. The summed E-state index contributed by atoms with van der Waals surface area (Å²) in [6, 6.07) is 13.4. The Bertz CT molecular complexity index is 653. The standard InChI is InChI=1S/C15H15N3O3/c16-15(19)12-5-7-13(8-6-12)17-10-9-11-3-1-2-4-14(11)18(20)21/h1-8,17H,9-10H2,(H2,16,19). The Balaban J connectivity index is 1.95. The molecule has 108 valence electrons. The number of benzene rings is 2. The average Bonchev–Trinajstić information content (AvgIpc) is 2.48. The number of anilines is 1. The van der Waals surface area contributed by atoms with Crippen LogP contribution in [-0.4, -0.2) is 17.4 Å². The van der Waals surface area contributed by atoms with Crippen LogP contribution in [0.4, 0.5) is 11.4 Å². The van der Waals surface area contributed by atoms with Crippen molar-refractivity contribution in [1.29, 1.82) is 0 Å². The molecule has 0 fully saturated rings. The van der Waals surface area contributed by atoms with E-state index in [0.29, 0.717) is 24.1 Å². The van der Waals surface area contributed by atoms with Gasteiger partial charge in [-0.2, -0.15) is 0 Å². The number of amides is 1. The van der Waals surface area contributed by atoms with Gasteiger partial charge in [0.1, 0.15) is 0 Å². The first-order valence-corrected chi connectivity index (χ1v) is 6.44. The van der Waals surface area contributed by atoms with E-state index in [0.717, 1.165) is 5.69 Å². The number of para-hydroxylation sites is 1. The molecule has 0 aliphatic heterocycles. The molecule has 0 atom stereocenters. The molecule has 0 heterocycles. The van der Waals surface area contributed by atoms with Crippen molar-refractivity contribution in [2.24, 2.45) is 5.73 Å². The maximum Gasteiger partial charge on any atom is 0.272 e. The number of hydrogen-bond donors (Lipinski definition) is 2. The van der Waals surface area contributed by atoms with Crippen molar-refractivity contribution in [3.05, 3.63) is 69.8 Å². The highest BCUT2D eigenvalue weighted by molar-refractivity contribution is 5.93. The van der Waals surface area contributed by atoms with Crippen LogP contribution in [0.3, 0.4) is 0 Å². The maximum absolute atomic E-state index is 11.0. The van der Waals surface area contributed by atoms with Gasteiger partial charge in [0, 0.05) is 29.4 Å². The largest absolute Gasteiger partial charge is 0.385 e. The predicted octanol–water partition coefficient (Wildman–Crippen LogP) is 2.35. The minimum absolute atomic E-state index is 0.128. The number of nitrogens with zero attached hydrogens (tertiary/aromatic N) is 1. The number of hydrogen-bond acceptors (Lipinski definition) is 4. The summed E-state index contributed by atoms with van der Waals surface area (Å²) < 4.78 is 0. The van der Waals surface area contributed by atoms with Gasteiger partial charge in [0.05, 0.1) is 4.92 Å². The molecular formula is C15H15N3O3. The monoisotopic (exact) mass is 285 g/mol. The Morgan fingerprint density at radius 3 is 2.43 bits per heavy atom. The van der Waals surface area contributed by atoms with Crippen molar-refractivity contribution in [2.45, 2.75) is 6.42 Å². The first-order valence-electron chi connectivity index (χ1n) is 6.44. The topological polar surface area (TPSA) is 98.3 Å². The van der Waals surface area contributed by atoms with Crippen LogP contribution in [0, 0.1) is 10.1 Å². The summed E-state index contributed by atoms with van der Waals surface area (Å²) in [5.41, 5.74) is 7.25. The van der Waals surface area contributed by atoms with Gasteiger partial charge in [0.25, 0.3) is 5.69 Å². The lowest BCUT2D eigenvalue weighted by Gasteiger charge is -2.07. The number of carbonyl (C=O) groups excluding carboxylic acids is 1. The maximum atomic E-state index is 11.0. The fourth-order valence-electron chi connectivity index (χ4n) is 1.99. The van der Waals surface area contributed by atoms with Gasteiger partial charge >= 0.3 is 0 Å². The van der Waals surface area contributed by atoms with Crippen molar-refractivity contribution in [2.75, 3.05) is 11.9 Å². The molecule has 2 aromatic rings.